The Labute approximate surface area is 305 Å². The van der Waals surface area contributed by atoms with Crippen molar-refractivity contribution in [2.24, 2.45) is 0 Å². The quantitative estimate of drug-likeness (QED) is 0.0723. The predicted molar refractivity (Wildman–Crippen MR) is 157 cm³/mol. The van der Waals surface area contributed by atoms with Crippen molar-refractivity contribution in [2.45, 2.75) is 129 Å². The van der Waals surface area contributed by atoms with Gasteiger partial charge >= 0.3 is 25.7 Å². The van der Waals surface area contributed by atoms with Crippen LogP contribution in [0.1, 0.15) is 6.42 Å². The number of aliphatic hydroxyl groups excluding tert-OH is 10. The molecule has 4 heterocycles. The summed E-state index contributed by atoms with van der Waals surface area (Å²) < 4.78 is 51.4. The first-order valence-corrected chi connectivity index (χ1v) is 17.4. The Morgan fingerprint density at radius 3 is 1.58 bits per heavy atom. The van der Waals surface area contributed by atoms with E-state index in [1.54, 1.807) is 0 Å². The van der Waals surface area contributed by atoms with Crippen molar-refractivity contribution in [1.82, 2.24) is 0 Å². The summed E-state index contributed by atoms with van der Waals surface area (Å²) in [5.41, 5.74) is 0. The van der Waals surface area contributed by atoms with Gasteiger partial charge in [-0.05, 0) is 0 Å². The van der Waals surface area contributed by atoms with E-state index in [1.807, 2.05) is 0 Å². The highest BCUT2D eigenvalue weighted by molar-refractivity contribution is 7.46. The second-order valence-corrected chi connectivity index (χ2v) is 14.0. The van der Waals surface area contributed by atoms with Gasteiger partial charge in [-0.2, -0.15) is 0 Å². The fourth-order valence-electron chi connectivity index (χ4n) is 6.05. The molecule has 28 nitrogen and oxygen atoms in total. The number of carboxylic acid groups (broad SMARTS) is 3. The number of aliphatic hydroxyl groups is 11. The Bertz CT molecular complexity index is 1400. The first-order chi connectivity index (χ1) is 25.4. The topological polar surface area (TPSA) is 466 Å². The van der Waals surface area contributed by atoms with Crippen molar-refractivity contribution in [2.75, 3.05) is 13.2 Å². The van der Waals surface area contributed by atoms with Gasteiger partial charge in [-0.3, -0.25) is 4.52 Å². The van der Waals surface area contributed by atoms with Crippen LogP contribution in [0.2, 0.25) is 0 Å². The summed E-state index contributed by atoms with van der Waals surface area (Å²) in [6.45, 7) is -2.23. The van der Waals surface area contributed by atoms with Crippen LogP contribution in [0.4, 0.5) is 0 Å². The largest absolute Gasteiger partial charge is 0.479 e. The van der Waals surface area contributed by atoms with E-state index in [0.29, 0.717) is 0 Å². The molecule has 1 unspecified atom stereocenters. The van der Waals surface area contributed by atoms with Crippen molar-refractivity contribution in [3.05, 3.63) is 0 Å². The maximum atomic E-state index is 12.3. The summed E-state index contributed by atoms with van der Waals surface area (Å²) >= 11 is 0. The monoisotopic (exact) mass is 832 g/mol. The number of hydrogen-bond donors (Lipinski definition) is 16. The number of phosphoric acid groups is 1. The molecule has 0 aromatic rings. The average molecular weight is 833 g/mol. The maximum absolute atomic E-state index is 12.3. The Hall–Kier alpha value is -2.20. The van der Waals surface area contributed by atoms with Gasteiger partial charge < -0.3 is 114 Å². The molecule has 0 aliphatic carbocycles. The van der Waals surface area contributed by atoms with Gasteiger partial charge in [0, 0.05) is 6.42 Å². The maximum Gasteiger partial charge on any atom is 0.469 e. The van der Waals surface area contributed by atoms with Gasteiger partial charge in [0.2, 0.25) is 0 Å². The summed E-state index contributed by atoms with van der Waals surface area (Å²) in [6, 6.07) is 0. The summed E-state index contributed by atoms with van der Waals surface area (Å²) in [6.07, 6.45) is -43.5. The molecule has 20 atom stereocenters. The molecule has 4 aliphatic rings. The Balaban J connectivity index is 1.51. The van der Waals surface area contributed by atoms with E-state index in [-0.39, 0.29) is 0 Å². The van der Waals surface area contributed by atoms with Crippen LogP contribution in [0.5, 0.6) is 0 Å². The lowest BCUT2D eigenvalue weighted by atomic mass is 9.92. The van der Waals surface area contributed by atoms with Crippen LogP contribution in [0, 0.1) is 0 Å². The molecule has 4 saturated heterocycles. The lowest BCUT2D eigenvalue weighted by Gasteiger charge is -2.48. The lowest BCUT2D eigenvalue weighted by Crippen LogP contribution is -2.68. The molecule has 0 aromatic carbocycles. The number of ether oxygens (including phenoxy) is 7. The molecule has 0 amide bonds. The lowest BCUT2D eigenvalue weighted by molar-refractivity contribution is -0.379. The number of rotatable bonds is 14. The molecule has 16 N–H and O–H groups in total. The number of carbonyl (C=O) groups is 3. The second-order valence-electron chi connectivity index (χ2n) is 12.8. The smallest absolute Gasteiger partial charge is 0.469 e. The van der Waals surface area contributed by atoms with Crippen LogP contribution in [-0.4, -0.2) is 235 Å². The molecule has 55 heavy (non-hydrogen) atoms. The van der Waals surface area contributed by atoms with Crippen molar-refractivity contribution in [1.29, 1.82) is 0 Å². The Kier molecular flexibility index (Phi) is 14.7. The molecule has 4 fully saturated rings. The third kappa shape index (κ3) is 9.92. The summed E-state index contributed by atoms with van der Waals surface area (Å²) in [5, 5.41) is 144. The molecule has 318 valence electrons. The molecule has 0 radical (unpaired) electrons. The first-order valence-electron chi connectivity index (χ1n) is 15.9. The first kappa shape index (κ1) is 45.5. The highest BCUT2D eigenvalue weighted by atomic mass is 31.2. The zero-order valence-electron chi connectivity index (χ0n) is 27.6. The Morgan fingerprint density at radius 1 is 0.691 bits per heavy atom. The zero-order chi connectivity index (χ0) is 41.5. The summed E-state index contributed by atoms with van der Waals surface area (Å²) in [5.74, 6) is -9.40. The molecule has 0 aromatic heterocycles. The number of carboxylic acids is 3. The van der Waals surface area contributed by atoms with E-state index >= 15 is 0 Å². The SMILES string of the molecule is O=C(O)[C@H]1O[C@H](O[C@H]2[C@H](O)[C@@H](O)[C@@H](O[C@@H]3CC(O)(C(=O)O)O[C@H]([C@H](O)COP(=O)(O)O)[C@@H]3O)O[C@@H]2C(=O)O)[C@H](O)[C@@H](O)[C@@H]1O[C@H]1O[C@H](CO)[C@@H](O)[C@H](O)[C@H]1O. The highest BCUT2D eigenvalue weighted by Crippen LogP contribution is 2.39. The van der Waals surface area contributed by atoms with Crippen LogP contribution < -0.4 is 0 Å². The van der Waals surface area contributed by atoms with Gasteiger partial charge in [-0.1, -0.05) is 0 Å². The minimum absolute atomic E-state index is 0.926. The third-order valence-electron chi connectivity index (χ3n) is 8.97. The van der Waals surface area contributed by atoms with E-state index < -0.39 is 168 Å². The zero-order valence-corrected chi connectivity index (χ0v) is 28.5. The van der Waals surface area contributed by atoms with Crippen molar-refractivity contribution >= 4 is 25.7 Å². The highest BCUT2D eigenvalue weighted by Gasteiger charge is 2.58. The third-order valence-corrected chi connectivity index (χ3v) is 9.45. The predicted octanol–water partition coefficient (Wildman–Crippen LogP) is -9.60. The number of phosphoric ester groups is 1. The van der Waals surface area contributed by atoms with Gasteiger partial charge in [-0.25, -0.2) is 18.9 Å². The van der Waals surface area contributed by atoms with E-state index in [1.165, 1.54) is 0 Å². The van der Waals surface area contributed by atoms with Crippen molar-refractivity contribution in [3.63, 3.8) is 0 Å². The number of hydrogen-bond acceptors (Lipinski definition) is 23. The molecule has 4 aliphatic heterocycles. The minimum Gasteiger partial charge on any atom is -0.479 e. The van der Waals surface area contributed by atoms with Gasteiger partial charge in [0.1, 0.15) is 79.4 Å². The fraction of sp³-hybridized carbons (Fsp3) is 0.885. The Morgan fingerprint density at radius 2 is 1.15 bits per heavy atom. The molecule has 0 saturated carbocycles. The van der Waals surface area contributed by atoms with Crippen LogP contribution in [0.25, 0.3) is 0 Å². The fourth-order valence-corrected chi connectivity index (χ4v) is 6.40. The van der Waals surface area contributed by atoms with E-state index in [4.69, 9.17) is 42.9 Å². The van der Waals surface area contributed by atoms with Gasteiger partial charge in [-0.15, -0.1) is 0 Å². The normalized spacial score (nSPS) is 46.1. The van der Waals surface area contributed by atoms with E-state index in [2.05, 4.69) is 4.52 Å². The molecular formula is C26H41O28P. The van der Waals surface area contributed by atoms with Gasteiger partial charge in [0.25, 0.3) is 5.79 Å². The minimum atomic E-state index is -5.24. The standard InChI is InChI=1S/C26H41O28P/c27-2-6-7(29)9(31)12(34)22(49-6)50-16-11(33)14(36)24(53-19(16)21(39)40)51-17-10(32)13(35)23(52-18(17)20(37)38)48-5-1-26(43,25(41)42)54-15(8(5)30)4(28)3-47-55(44,45)46/h4-19,22-24,27-36,43H,1-3H2,(H,37,38)(H,39,40)(H,41,42)(H2,44,45,46)/t4-,5-,6-,7-,8-,9+,10-,11-,12-,13-,14-,15-,16+,17+,18+,19+,22-,23+,24+,26?/m1/s1. The van der Waals surface area contributed by atoms with E-state index in [9.17, 15) is 90.4 Å². The summed E-state index contributed by atoms with van der Waals surface area (Å²) in [4.78, 5) is 54.0. The summed E-state index contributed by atoms with van der Waals surface area (Å²) in [7, 11) is -5.24. The molecule has 0 bridgehead atoms. The van der Waals surface area contributed by atoms with Crippen LogP contribution in [0.3, 0.4) is 0 Å². The van der Waals surface area contributed by atoms with Crippen LogP contribution >= 0.6 is 7.82 Å². The molecule has 0 spiro atoms. The number of aliphatic carboxylic acids is 3. The van der Waals surface area contributed by atoms with E-state index in [0.717, 1.165) is 0 Å². The van der Waals surface area contributed by atoms with Crippen LogP contribution in [0.15, 0.2) is 0 Å². The van der Waals surface area contributed by atoms with Gasteiger partial charge in [0.15, 0.2) is 31.1 Å². The average Bonchev–Trinajstić information content (AvgIpc) is 3.10. The van der Waals surface area contributed by atoms with Crippen molar-refractivity contribution < 1.29 is 138 Å². The molecule has 4 rings (SSSR count). The van der Waals surface area contributed by atoms with Crippen LogP contribution in [-0.2, 0) is 56.6 Å². The van der Waals surface area contributed by atoms with Gasteiger partial charge in [0.05, 0.1) is 19.3 Å². The van der Waals surface area contributed by atoms with Crippen molar-refractivity contribution in [3.8, 4) is 0 Å². The molecular weight excluding hydrogens is 791 g/mol. The molecule has 29 heteroatoms. The second kappa shape index (κ2) is 17.7.